The molecule has 2 aliphatic rings. The van der Waals surface area contributed by atoms with Crippen molar-refractivity contribution in [3.05, 3.63) is 44.5 Å². The third kappa shape index (κ3) is 3.44. The summed E-state index contributed by atoms with van der Waals surface area (Å²) in [6.07, 6.45) is 5.15. The fraction of sp³-hybridized carbons (Fsp3) is 0.429. The van der Waals surface area contributed by atoms with Crippen LogP contribution >= 0.6 is 0 Å². The van der Waals surface area contributed by atoms with Crippen LogP contribution in [-0.4, -0.2) is 32.3 Å². The van der Waals surface area contributed by atoms with Gasteiger partial charge in [-0.1, -0.05) is 0 Å². The van der Waals surface area contributed by atoms with E-state index >= 15 is 0 Å². The van der Waals surface area contributed by atoms with Crippen LogP contribution in [0.3, 0.4) is 0 Å². The fourth-order valence-corrected chi connectivity index (χ4v) is 2.30. The first kappa shape index (κ1) is 16.1. The van der Waals surface area contributed by atoms with Gasteiger partial charge in [-0.2, -0.15) is 9.97 Å². The van der Waals surface area contributed by atoms with Gasteiger partial charge in [0.1, 0.15) is 0 Å². The van der Waals surface area contributed by atoms with Crippen molar-refractivity contribution in [3.8, 4) is 0 Å². The average Bonchev–Trinajstić information content (AvgIpc) is 2.57. The number of aryl methyl sites for hydroxylation is 2. The first-order valence-electron chi connectivity index (χ1n) is 7.43. The molecule has 2 aliphatic heterocycles. The molecule has 2 aromatic rings. The maximum Gasteiger partial charge on any atom is 0.349 e. The zero-order valence-electron chi connectivity index (χ0n) is 13.4. The Kier molecular flexibility index (Phi) is 4.58. The van der Waals surface area contributed by atoms with E-state index in [1.807, 2.05) is 0 Å². The molecule has 0 bridgehead atoms. The van der Waals surface area contributed by atoms with Crippen LogP contribution < -0.4 is 22.3 Å². The van der Waals surface area contributed by atoms with Crippen LogP contribution in [0.2, 0.25) is 0 Å². The molecule has 0 fully saturated rings. The predicted octanol–water partition coefficient (Wildman–Crippen LogP) is -0.640. The van der Waals surface area contributed by atoms with Crippen molar-refractivity contribution in [1.29, 1.82) is 0 Å². The van der Waals surface area contributed by atoms with E-state index in [0.29, 0.717) is 24.8 Å². The molecule has 2 N–H and O–H groups in total. The molecule has 0 aromatic carbocycles. The highest BCUT2D eigenvalue weighted by molar-refractivity contribution is 5.42. The van der Waals surface area contributed by atoms with Gasteiger partial charge in [0.15, 0.2) is 11.6 Å². The number of nitrogens with zero attached hydrogens (tertiary/aromatic N) is 4. The summed E-state index contributed by atoms with van der Waals surface area (Å²) in [6, 6.07) is 0. The maximum absolute atomic E-state index is 11.0. The summed E-state index contributed by atoms with van der Waals surface area (Å²) in [5.41, 5.74) is 6.70. The molecule has 10 nitrogen and oxygen atoms in total. The van der Waals surface area contributed by atoms with Crippen molar-refractivity contribution in [2.45, 2.75) is 12.8 Å². The first-order valence-corrected chi connectivity index (χ1v) is 7.43. The molecule has 0 amide bonds. The Morgan fingerprint density at radius 3 is 1.71 bits per heavy atom. The van der Waals surface area contributed by atoms with Crippen LogP contribution in [0.5, 0.6) is 0 Å². The normalized spacial score (nSPS) is 15.1. The monoisotopic (exact) mass is 334 g/mol. The van der Waals surface area contributed by atoms with Gasteiger partial charge in [0, 0.05) is 50.5 Å². The molecule has 0 atom stereocenters. The van der Waals surface area contributed by atoms with Gasteiger partial charge >= 0.3 is 11.4 Å². The van der Waals surface area contributed by atoms with E-state index in [-0.39, 0.29) is 11.4 Å². The Bertz CT molecular complexity index is 788. The predicted molar refractivity (Wildman–Crippen MR) is 85.5 cm³/mol. The molecule has 0 saturated heterocycles. The zero-order valence-corrected chi connectivity index (χ0v) is 13.4. The second-order valence-corrected chi connectivity index (χ2v) is 5.42. The lowest BCUT2D eigenvalue weighted by molar-refractivity contribution is 0.184. The van der Waals surface area contributed by atoms with Crippen molar-refractivity contribution in [2.75, 3.05) is 24.2 Å². The molecule has 2 aromatic heterocycles. The molecule has 4 heterocycles. The van der Waals surface area contributed by atoms with E-state index in [9.17, 15) is 9.59 Å². The highest BCUT2D eigenvalue weighted by Gasteiger charge is 2.12. The Morgan fingerprint density at radius 2 is 1.29 bits per heavy atom. The van der Waals surface area contributed by atoms with Crippen LogP contribution in [0.25, 0.3) is 0 Å². The minimum Gasteiger partial charge on any atom is -0.302 e. The van der Waals surface area contributed by atoms with Crippen LogP contribution in [-0.2, 0) is 36.6 Å². The summed E-state index contributed by atoms with van der Waals surface area (Å²) in [7, 11) is 3.37. The number of hydrogen-bond acceptors (Lipinski definition) is 8. The number of nitrogens with one attached hydrogen (secondary N) is 2. The largest absolute Gasteiger partial charge is 0.349 e. The summed E-state index contributed by atoms with van der Waals surface area (Å²) >= 11 is 0. The fourth-order valence-electron chi connectivity index (χ4n) is 2.30. The molecule has 0 aliphatic carbocycles. The highest BCUT2D eigenvalue weighted by atomic mass is 16.6. The molecular formula is C14H18N6O4. The molecule has 0 radical (unpaired) electrons. The van der Waals surface area contributed by atoms with Crippen LogP contribution in [0.15, 0.2) is 22.0 Å². The first-order chi connectivity index (χ1) is 11.5. The molecule has 0 spiro atoms. The highest BCUT2D eigenvalue weighted by Crippen LogP contribution is 2.14. The van der Waals surface area contributed by atoms with E-state index < -0.39 is 0 Å². The van der Waals surface area contributed by atoms with Crippen molar-refractivity contribution < 1.29 is 9.68 Å². The summed E-state index contributed by atoms with van der Waals surface area (Å²) in [5, 5.41) is 0. The van der Waals surface area contributed by atoms with Crippen LogP contribution in [0.1, 0.15) is 11.1 Å². The van der Waals surface area contributed by atoms with Crippen molar-refractivity contribution in [3.63, 3.8) is 0 Å². The van der Waals surface area contributed by atoms with Gasteiger partial charge < -0.3 is 9.13 Å². The Morgan fingerprint density at radius 1 is 0.875 bits per heavy atom. The van der Waals surface area contributed by atoms with Gasteiger partial charge in [0.2, 0.25) is 0 Å². The minimum atomic E-state index is -0.272. The van der Waals surface area contributed by atoms with Crippen molar-refractivity contribution in [1.82, 2.24) is 19.1 Å². The molecule has 10 heteroatoms. The molecule has 128 valence electrons. The van der Waals surface area contributed by atoms with Gasteiger partial charge in [-0.3, -0.25) is 9.68 Å². The van der Waals surface area contributed by atoms with E-state index in [0.717, 1.165) is 24.0 Å². The number of fused-ring (bicyclic) bond motifs is 2. The lowest BCUT2D eigenvalue weighted by atomic mass is 10.2. The molecular weight excluding hydrogens is 316 g/mol. The lowest BCUT2D eigenvalue weighted by Crippen LogP contribution is -2.26. The van der Waals surface area contributed by atoms with Gasteiger partial charge in [0.25, 0.3) is 0 Å². The van der Waals surface area contributed by atoms with Crippen LogP contribution in [0, 0.1) is 0 Å². The van der Waals surface area contributed by atoms with E-state index in [4.69, 9.17) is 9.68 Å². The molecule has 24 heavy (non-hydrogen) atoms. The van der Waals surface area contributed by atoms with Crippen molar-refractivity contribution in [2.24, 2.45) is 14.1 Å². The molecule has 0 saturated carbocycles. The Labute approximate surface area is 137 Å². The summed E-state index contributed by atoms with van der Waals surface area (Å²) in [4.78, 5) is 39.5. The zero-order chi connectivity index (χ0) is 17.1. The molecule has 0 unspecified atom stereocenters. The van der Waals surface area contributed by atoms with Gasteiger partial charge in [-0.05, 0) is 0 Å². The number of hydrogen-bond donors (Lipinski definition) is 2. The summed E-state index contributed by atoms with van der Waals surface area (Å²) in [6.45, 7) is 1.24. The summed E-state index contributed by atoms with van der Waals surface area (Å²) in [5.74, 6) is 1.09. The van der Waals surface area contributed by atoms with E-state index in [1.165, 1.54) is 9.13 Å². The Balaban J connectivity index is 0.000000141. The summed E-state index contributed by atoms with van der Waals surface area (Å²) < 4.78 is 2.93. The third-order valence-corrected chi connectivity index (χ3v) is 3.61. The number of aromatic nitrogens is 4. The van der Waals surface area contributed by atoms with E-state index in [2.05, 4.69) is 20.9 Å². The van der Waals surface area contributed by atoms with Gasteiger partial charge in [0.05, 0.1) is 13.2 Å². The average molecular weight is 334 g/mol. The van der Waals surface area contributed by atoms with Gasteiger partial charge in [-0.25, -0.2) is 20.5 Å². The lowest BCUT2D eigenvalue weighted by Gasteiger charge is -2.16. The molecule has 4 rings (SSSR count). The smallest absolute Gasteiger partial charge is 0.302 e. The number of rotatable bonds is 0. The van der Waals surface area contributed by atoms with E-state index in [1.54, 1.807) is 26.5 Å². The number of anilines is 2. The Hall–Kier alpha value is -2.72. The van der Waals surface area contributed by atoms with Crippen LogP contribution in [0.4, 0.5) is 11.6 Å². The quantitative estimate of drug-likeness (QED) is 0.654. The third-order valence-electron chi connectivity index (χ3n) is 3.61. The second-order valence-electron chi connectivity index (χ2n) is 5.42. The maximum atomic E-state index is 11.0. The van der Waals surface area contributed by atoms with Gasteiger partial charge in [-0.15, -0.1) is 0 Å². The minimum absolute atomic E-state index is 0.272. The van der Waals surface area contributed by atoms with Crippen molar-refractivity contribution >= 4 is 11.6 Å². The SMILES string of the molecule is Cn1cc2c(nc1=O)NOCC2.Cn1cc2c(nc1=O)NOCC2. The topological polar surface area (TPSA) is 112 Å². The second kappa shape index (κ2) is 6.81. The standard InChI is InChI=1S/2C7H9N3O2/c2*1-10-4-5-2-3-12-9-6(5)8-7(10)11/h2*4H,2-3H2,1H3,(H,8,9,11).